The lowest BCUT2D eigenvalue weighted by Gasteiger charge is -2.07. The Morgan fingerprint density at radius 2 is 1.83 bits per heavy atom. The zero-order valence-corrected chi connectivity index (χ0v) is 14.8. The fourth-order valence-electron chi connectivity index (χ4n) is 2.00. The second-order valence-electron chi connectivity index (χ2n) is 5.05. The van der Waals surface area contributed by atoms with Crippen LogP contribution in [0, 0.1) is 0 Å². The van der Waals surface area contributed by atoms with Crippen LogP contribution in [0.4, 0.5) is 0 Å². The van der Waals surface area contributed by atoms with E-state index in [1.54, 1.807) is 24.3 Å². The average Bonchev–Trinajstić information content (AvgIpc) is 2.61. The third-order valence-electron chi connectivity index (χ3n) is 3.31. The van der Waals surface area contributed by atoms with Crippen LogP contribution in [0.1, 0.15) is 21.5 Å². The predicted octanol–water partition coefficient (Wildman–Crippen LogP) is 3.68. The van der Waals surface area contributed by atoms with Crippen LogP contribution in [0.3, 0.4) is 0 Å². The molecule has 0 fully saturated rings. The Labute approximate surface area is 150 Å². The monoisotopic (exact) mass is 363 g/mol. The molecular formula is C18H18ClNO3S. The Kier molecular flexibility index (Phi) is 7.15. The van der Waals surface area contributed by atoms with E-state index in [0.29, 0.717) is 23.6 Å². The molecule has 0 heterocycles. The van der Waals surface area contributed by atoms with Crippen LogP contribution in [0.5, 0.6) is 0 Å². The van der Waals surface area contributed by atoms with Gasteiger partial charge in [0.15, 0.2) is 0 Å². The summed E-state index contributed by atoms with van der Waals surface area (Å²) in [6.07, 6.45) is 0. The number of methoxy groups -OCH3 is 1. The molecule has 0 aliphatic heterocycles. The van der Waals surface area contributed by atoms with Gasteiger partial charge >= 0.3 is 5.97 Å². The Morgan fingerprint density at radius 1 is 1.12 bits per heavy atom. The summed E-state index contributed by atoms with van der Waals surface area (Å²) in [4.78, 5) is 23.2. The number of benzene rings is 2. The van der Waals surface area contributed by atoms with Crippen LogP contribution in [0.25, 0.3) is 0 Å². The summed E-state index contributed by atoms with van der Waals surface area (Å²) in [5.41, 5.74) is 2.44. The van der Waals surface area contributed by atoms with Crippen LogP contribution < -0.4 is 5.32 Å². The molecule has 0 atom stereocenters. The van der Waals surface area contributed by atoms with Gasteiger partial charge in [0.1, 0.15) is 0 Å². The topological polar surface area (TPSA) is 55.4 Å². The number of nitrogens with one attached hydrogen (secondary N) is 1. The van der Waals surface area contributed by atoms with Crippen LogP contribution in [0.2, 0.25) is 5.02 Å². The predicted molar refractivity (Wildman–Crippen MR) is 97.2 cm³/mol. The Morgan fingerprint density at radius 3 is 2.50 bits per heavy atom. The maximum absolute atomic E-state index is 11.9. The van der Waals surface area contributed by atoms with Gasteiger partial charge in [-0.15, -0.1) is 11.8 Å². The van der Waals surface area contributed by atoms with E-state index in [0.717, 1.165) is 16.1 Å². The molecule has 2 aromatic rings. The zero-order valence-electron chi connectivity index (χ0n) is 13.3. The molecule has 0 unspecified atom stereocenters. The molecule has 0 radical (unpaired) electrons. The fraction of sp³-hybridized carbons (Fsp3) is 0.222. The standard InChI is InChI=1S/C18H18ClNO3S/c1-23-18(22)14-8-6-13(7-9-14)10-20-17(21)12-24-11-15-4-2-3-5-16(15)19/h2-9H,10-12H2,1H3,(H,20,21). The minimum absolute atomic E-state index is 0.0379. The maximum Gasteiger partial charge on any atom is 0.337 e. The lowest BCUT2D eigenvalue weighted by molar-refractivity contribution is -0.118. The first kappa shape index (κ1) is 18.4. The van der Waals surface area contributed by atoms with Gasteiger partial charge in [-0.25, -0.2) is 4.79 Å². The number of carbonyl (C=O) groups excluding carboxylic acids is 2. The molecule has 0 spiro atoms. The van der Waals surface area contributed by atoms with Crippen LogP contribution in [-0.2, 0) is 21.8 Å². The highest BCUT2D eigenvalue weighted by Gasteiger charge is 2.06. The van der Waals surface area contributed by atoms with Crippen molar-refractivity contribution in [2.75, 3.05) is 12.9 Å². The van der Waals surface area contributed by atoms with Gasteiger partial charge in [-0.05, 0) is 29.3 Å². The highest BCUT2D eigenvalue weighted by atomic mass is 35.5. The van der Waals surface area contributed by atoms with Gasteiger partial charge in [0, 0.05) is 17.3 Å². The van der Waals surface area contributed by atoms with E-state index in [1.807, 2.05) is 24.3 Å². The summed E-state index contributed by atoms with van der Waals surface area (Å²) in [5.74, 6) is 0.650. The zero-order chi connectivity index (χ0) is 17.4. The highest BCUT2D eigenvalue weighted by molar-refractivity contribution is 7.99. The van der Waals surface area contributed by atoms with Crippen molar-refractivity contribution in [3.05, 3.63) is 70.2 Å². The molecular weight excluding hydrogens is 346 g/mol. The fourth-order valence-corrected chi connectivity index (χ4v) is 3.14. The largest absolute Gasteiger partial charge is 0.465 e. The molecule has 0 saturated carbocycles. The van der Waals surface area contributed by atoms with Crippen molar-refractivity contribution in [2.45, 2.75) is 12.3 Å². The number of rotatable bonds is 7. The van der Waals surface area contributed by atoms with Gasteiger partial charge in [-0.2, -0.15) is 0 Å². The van der Waals surface area contributed by atoms with Gasteiger partial charge in [-0.1, -0.05) is 41.9 Å². The van der Waals surface area contributed by atoms with Crippen molar-refractivity contribution >= 4 is 35.2 Å². The molecule has 24 heavy (non-hydrogen) atoms. The van der Waals surface area contributed by atoms with Crippen molar-refractivity contribution in [1.82, 2.24) is 5.32 Å². The summed E-state index contributed by atoms with van der Waals surface area (Å²) in [6, 6.07) is 14.6. The summed E-state index contributed by atoms with van der Waals surface area (Å²) in [6.45, 7) is 0.424. The molecule has 1 amide bonds. The molecule has 2 aromatic carbocycles. The molecule has 2 rings (SSSR count). The molecule has 0 bridgehead atoms. The number of amides is 1. The van der Waals surface area contributed by atoms with Gasteiger partial charge in [0.2, 0.25) is 5.91 Å². The molecule has 0 aliphatic carbocycles. The van der Waals surface area contributed by atoms with E-state index < -0.39 is 0 Å². The summed E-state index contributed by atoms with van der Waals surface area (Å²) >= 11 is 7.59. The smallest absolute Gasteiger partial charge is 0.337 e. The molecule has 0 aliphatic rings. The average molecular weight is 364 g/mol. The second kappa shape index (κ2) is 9.35. The molecule has 1 N–H and O–H groups in total. The number of carbonyl (C=O) groups is 2. The van der Waals surface area contributed by atoms with Crippen molar-refractivity contribution in [2.24, 2.45) is 0 Å². The highest BCUT2D eigenvalue weighted by Crippen LogP contribution is 2.20. The summed E-state index contributed by atoms with van der Waals surface area (Å²) < 4.78 is 4.64. The lowest BCUT2D eigenvalue weighted by Crippen LogP contribution is -2.24. The van der Waals surface area contributed by atoms with Crippen LogP contribution in [0.15, 0.2) is 48.5 Å². The van der Waals surface area contributed by atoms with Crippen molar-refractivity contribution in [3.8, 4) is 0 Å². The lowest BCUT2D eigenvalue weighted by atomic mass is 10.1. The molecule has 0 saturated heterocycles. The molecule has 4 nitrogen and oxygen atoms in total. The first-order valence-electron chi connectivity index (χ1n) is 7.35. The normalized spacial score (nSPS) is 10.2. The van der Waals surface area contributed by atoms with E-state index in [9.17, 15) is 9.59 Å². The quantitative estimate of drug-likeness (QED) is 0.762. The molecule has 6 heteroatoms. The van der Waals surface area contributed by atoms with E-state index in [1.165, 1.54) is 18.9 Å². The third kappa shape index (κ3) is 5.58. The van der Waals surface area contributed by atoms with Crippen LogP contribution >= 0.6 is 23.4 Å². The van der Waals surface area contributed by atoms with Crippen molar-refractivity contribution < 1.29 is 14.3 Å². The van der Waals surface area contributed by atoms with Crippen molar-refractivity contribution in [1.29, 1.82) is 0 Å². The van der Waals surface area contributed by atoms with E-state index >= 15 is 0 Å². The van der Waals surface area contributed by atoms with Gasteiger partial charge in [0.05, 0.1) is 18.4 Å². The maximum atomic E-state index is 11.9. The second-order valence-corrected chi connectivity index (χ2v) is 6.44. The van der Waals surface area contributed by atoms with Gasteiger partial charge < -0.3 is 10.1 Å². The number of hydrogen-bond donors (Lipinski definition) is 1. The number of hydrogen-bond acceptors (Lipinski definition) is 4. The van der Waals surface area contributed by atoms with Gasteiger partial charge in [-0.3, -0.25) is 4.79 Å². The van der Waals surface area contributed by atoms with E-state index in [4.69, 9.17) is 11.6 Å². The Hall–Kier alpha value is -1.98. The first-order valence-corrected chi connectivity index (χ1v) is 8.88. The number of thioether (sulfide) groups is 1. The molecule has 0 aromatic heterocycles. The number of halogens is 1. The summed E-state index contributed by atoms with van der Waals surface area (Å²) in [5, 5.41) is 3.57. The summed E-state index contributed by atoms with van der Waals surface area (Å²) in [7, 11) is 1.34. The SMILES string of the molecule is COC(=O)c1ccc(CNC(=O)CSCc2ccccc2Cl)cc1. The minimum atomic E-state index is -0.374. The molecule has 126 valence electrons. The van der Waals surface area contributed by atoms with Crippen molar-refractivity contribution in [3.63, 3.8) is 0 Å². The van der Waals surface area contributed by atoms with E-state index in [2.05, 4.69) is 10.1 Å². The Bertz CT molecular complexity index is 704. The van der Waals surface area contributed by atoms with Gasteiger partial charge in [0.25, 0.3) is 0 Å². The third-order valence-corrected chi connectivity index (χ3v) is 4.66. The Balaban J connectivity index is 1.73. The first-order chi connectivity index (χ1) is 11.6. The number of esters is 1. The van der Waals surface area contributed by atoms with Crippen LogP contribution in [-0.4, -0.2) is 24.7 Å². The van der Waals surface area contributed by atoms with E-state index in [-0.39, 0.29) is 11.9 Å². The minimum Gasteiger partial charge on any atom is -0.465 e. The number of ether oxygens (including phenoxy) is 1.